The molecule has 0 rings (SSSR count). The van der Waals surface area contributed by atoms with Crippen LogP contribution in [0.5, 0.6) is 0 Å². The van der Waals surface area contributed by atoms with Crippen molar-refractivity contribution in [3.63, 3.8) is 0 Å². The van der Waals surface area contributed by atoms with E-state index in [0.29, 0.717) is 0 Å². The van der Waals surface area contributed by atoms with Crippen LogP contribution < -0.4 is 5.32 Å². The second kappa shape index (κ2) is 5.13. The number of methoxy groups -OCH3 is 1. The summed E-state index contributed by atoms with van der Waals surface area (Å²) < 4.78 is 4.27. The standard InChI is InChI=1S/C7H10N2O3/c1-5(10)6(3-4-8)9-7(11)12-2/h6H,3H2,1-2H3,(H,9,11)/t6-/m0/s1. The van der Waals surface area contributed by atoms with Gasteiger partial charge >= 0.3 is 6.09 Å². The fourth-order valence-electron chi connectivity index (χ4n) is 0.589. The minimum absolute atomic E-state index is 0.0373. The van der Waals surface area contributed by atoms with Gasteiger partial charge in [0.15, 0.2) is 5.78 Å². The minimum atomic E-state index is -0.762. The zero-order valence-corrected chi connectivity index (χ0v) is 6.96. The molecule has 1 atom stereocenters. The van der Waals surface area contributed by atoms with Crippen molar-refractivity contribution in [3.8, 4) is 6.07 Å². The van der Waals surface area contributed by atoms with Crippen molar-refractivity contribution in [1.82, 2.24) is 5.32 Å². The molecule has 0 saturated heterocycles. The molecule has 12 heavy (non-hydrogen) atoms. The highest BCUT2D eigenvalue weighted by Gasteiger charge is 2.16. The number of carbonyl (C=O) groups excluding carboxylic acids is 2. The third kappa shape index (κ3) is 3.56. The van der Waals surface area contributed by atoms with Crippen molar-refractivity contribution in [3.05, 3.63) is 0 Å². The molecule has 0 unspecified atom stereocenters. The first-order valence-electron chi connectivity index (χ1n) is 3.33. The van der Waals surface area contributed by atoms with Gasteiger partial charge in [-0.1, -0.05) is 0 Å². The maximum atomic E-state index is 10.8. The molecule has 0 aliphatic carbocycles. The highest BCUT2D eigenvalue weighted by molar-refractivity contribution is 5.85. The third-order valence-electron chi connectivity index (χ3n) is 1.26. The van der Waals surface area contributed by atoms with Crippen LogP contribution in [0.2, 0.25) is 0 Å². The van der Waals surface area contributed by atoms with E-state index in [0.717, 1.165) is 0 Å². The number of carbonyl (C=O) groups is 2. The molecule has 1 N–H and O–H groups in total. The van der Waals surface area contributed by atoms with Gasteiger partial charge < -0.3 is 10.1 Å². The maximum absolute atomic E-state index is 10.8. The molecule has 0 radical (unpaired) electrons. The summed E-state index contributed by atoms with van der Waals surface area (Å²) in [5, 5.41) is 10.5. The average Bonchev–Trinajstić information content (AvgIpc) is 2.03. The fraction of sp³-hybridized carbons (Fsp3) is 0.571. The van der Waals surface area contributed by atoms with Crippen molar-refractivity contribution in [1.29, 1.82) is 5.26 Å². The molecule has 0 bridgehead atoms. The first kappa shape index (κ1) is 10.4. The molecule has 0 spiro atoms. The molecule has 0 aromatic rings. The lowest BCUT2D eigenvalue weighted by molar-refractivity contribution is -0.118. The number of nitrogens with zero attached hydrogens (tertiary/aromatic N) is 1. The van der Waals surface area contributed by atoms with Crippen molar-refractivity contribution >= 4 is 11.9 Å². The van der Waals surface area contributed by atoms with Crippen LogP contribution >= 0.6 is 0 Å². The first-order valence-corrected chi connectivity index (χ1v) is 3.33. The van der Waals surface area contributed by atoms with E-state index in [2.05, 4.69) is 10.1 Å². The monoisotopic (exact) mass is 170 g/mol. The van der Waals surface area contributed by atoms with Crippen molar-refractivity contribution in [2.24, 2.45) is 0 Å². The summed E-state index contributed by atoms with van der Waals surface area (Å²) in [4.78, 5) is 21.4. The van der Waals surface area contributed by atoms with E-state index in [1.807, 2.05) is 0 Å². The predicted molar refractivity (Wildman–Crippen MR) is 40.2 cm³/mol. The van der Waals surface area contributed by atoms with Gasteiger partial charge in [0.1, 0.15) is 6.04 Å². The Morgan fingerprint density at radius 1 is 1.67 bits per heavy atom. The van der Waals surface area contributed by atoms with Crippen LogP contribution in [0.1, 0.15) is 13.3 Å². The second-order valence-corrected chi connectivity index (χ2v) is 2.16. The molecule has 66 valence electrons. The van der Waals surface area contributed by atoms with Gasteiger partial charge in [0.25, 0.3) is 0 Å². The summed E-state index contributed by atoms with van der Waals surface area (Å²) in [5.74, 6) is -0.262. The van der Waals surface area contributed by atoms with Crippen LogP contribution in [0.4, 0.5) is 4.79 Å². The Bertz CT molecular complexity index is 219. The Morgan fingerprint density at radius 3 is 2.58 bits per heavy atom. The van der Waals surface area contributed by atoms with Gasteiger partial charge in [0.2, 0.25) is 0 Å². The predicted octanol–water partition coefficient (Wildman–Crippen LogP) is 0.214. The minimum Gasteiger partial charge on any atom is -0.453 e. The number of hydrogen-bond acceptors (Lipinski definition) is 4. The summed E-state index contributed by atoms with van der Waals surface area (Å²) in [5.41, 5.74) is 0. The van der Waals surface area contributed by atoms with Gasteiger partial charge in [-0.15, -0.1) is 0 Å². The zero-order chi connectivity index (χ0) is 9.56. The topological polar surface area (TPSA) is 79.2 Å². The van der Waals surface area contributed by atoms with Gasteiger partial charge in [-0.05, 0) is 6.92 Å². The lowest BCUT2D eigenvalue weighted by Gasteiger charge is -2.10. The number of ketones is 1. The van der Waals surface area contributed by atoms with Crippen molar-refractivity contribution in [2.45, 2.75) is 19.4 Å². The maximum Gasteiger partial charge on any atom is 0.407 e. The van der Waals surface area contributed by atoms with Gasteiger partial charge in [-0.2, -0.15) is 5.26 Å². The van der Waals surface area contributed by atoms with Crippen LogP contribution in [0.15, 0.2) is 0 Å². The summed E-state index contributed by atoms with van der Waals surface area (Å²) >= 11 is 0. The third-order valence-corrected chi connectivity index (χ3v) is 1.26. The molecule has 0 aromatic heterocycles. The van der Waals surface area contributed by atoms with Gasteiger partial charge in [-0.3, -0.25) is 4.79 Å². The molecular weight excluding hydrogens is 160 g/mol. The Labute approximate surface area is 70.3 Å². The summed E-state index contributed by atoms with van der Waals surface area (Å²) in [6.07, 6.45) is -0.741. The second-order valence-electron chi connectivity index (χ2n) is 2.16. The number of amides is 1. The Kier molecular flexibility index (Phi) is 4.46. The van der Waals surface area contributed by atoms with E-state index >= 15 is 0 Å². The van der Waals surface area contributed by atoms with Crippen molar-refractivity contribution < 1.29 is 14.3 Å². The molecule has 5 heteroatoms. The van der Waals surface area contributed by atoms with E-state index < -0.39 is 12.1 Å². The van der Waals surface area contributed by atoms with Crippen LogP contribution in [0.3, 0.4) is 0 Å². The molecule has 5 nitrogen and oxygen atoms in total. The molecule has 0 saturated carbocycles. The number of Topliss-reactive ketones (excluding diaryl/α,β-unsaturated/α-hetero) is 1. The van der Waals surface area contributed by atoms with Crippen molar-refractivity contribution in [2.75, 3.05) is 7.11 Å². The number of ether oxygens (including phenoxy) is 1. The van der Waals surface area contributed by atoms with E-state index in [1.54, 1.807) is 6.07 Å². The average molecular weight is 170 g/mol. The molecule has 0 aliphatic heterocycles. The van der Waals surface area contributed by atoms with Crippen LogP contribution in [0.25, 0.3) is 0 Å². The fourth-order valence-corrected chi connectivity index (χ4v) is 0.589. The highest BCUT2D eigenvalue weighted by atomic mass is 16.5. The van der Waals surface area contributed by atoms with E-state index in [1.165, 1.54) is 14.0 Å². The number of nitriles is 1. The first-order chi connectivity index (χ1) is 5.61. The largest absolute Gasteiger partial charge is 0.453 e. The van der Waals surface area contributed by atoms with E-state index in [-0.39, 0.29) is 12.2 Å². The van der Waals surface area contributed by atoms with Crippen LogP contribution in [-0.4, -0.2) is 25.0 Å². The van der Waals surface area contributed by atoms with E-state index in [9.17, 15) is 9.59 Å². The molecule has 0 heterocycles. The highest BCUT2D eigenvalue weighted by Crippen LogP contribution is 1.92. The SMILES string of the molecule is COC(=O)N[C@@H](CC#N)C(C)=O. The number of nitrogens with one attached hydrogen (secondary N) is 1. The smallest absolute Gasteiger partial charge is 0.407 e. The lowest BCUT2D eigenvalue weighted by Crippen LogP contribution is -2.39. The summed E-state index contributed by atoms with van der Waals surface area (Å²) in [7, 11) is 1.19. The van der Waals surface area contributed by atoms with E-state index in [4.69, 9.17) is 5.26 Å². The van der Waals surface area contributed by atoms with Crippen LogP contribution in [0, 0.1) is 11.3 Å². The normalized spacial score (nSPS) is 11.1. The zero-order valence-electron chi connectivity index (χ0n) is 6.96. The summed E-state index contributed by atoms with van der Waals surface area (Å²) in [6, 6.07) is 1.03. The Morgan fingerprint density at radius 2 is 2.25 bits per heavy atom. The Balaban J connectivity index is 4.06. The molecule has 0 aromatic carbocycles. The van der Waals surface area contributed by atoms with Gasteiger partial charge in [0.05, 0.1) is 19.6 Å². The molecule has 0 fully saturated rings. The van der Waals surface area contributed by atoms with Gasteiger partial charge in [-0.25, -0.2) is 4.79 Å². The molecule has 1 amide bonds. The number of rotatable bonds is 3. The summed E-state index contributed by atoms with van der Waals surface area (Å²) in [6.45, 7) is 1.30. The quantitative estimate of drug-likeness (QED) is 0.656. The molecular formula is C7H10N2O3. The van der Waals surface area contributed by atoms with Gasteiger partial charge in [0, 0.05) is 0 Å². The lowest BCUT2D eigenvalue weighted by atomic mass is 10.1. The number of hydrogen-bond donors (Lipinski definition) is 1. The molecule has 0 aliphatic rings. The Hall–Kier alpha value is -1.57. The van der Waals surface area contributed by atoms with Crippen LogP contribution in [-0.2, 0) is 9.53 Å². The number of alkyl carbamates (subject to hydrolysis) is 1.